The third-order valence-corrected chi connectivity index (χ3v) is 3.79. The van der Waals surface area contributed by atoms with Gasteiger partial charge in [-0.15, -0.1) is 0 Å². The Morgan fingerprint density at radius 2 is 1.92 bits per heavy atom. The Labute approximate surface area is 136 Å². The van der Waals surface area contributed by atoms with Crippen molar-refractivity contribution in [3.05, 3.63) is 71.6 Å². The van der Waals surface area contributed by atoms with Crippen molar-refractivity contribution in [1.82, 2.24) is 10.4 Å². The fraction of sp³-hybridized carbons (Fsp3) is 0.176. The highest BCUT2D eigenvalue weighted by molar-refractivity contribution is 5.71. The van der Waals surface area contributed by atoms with Crippen LogP contribution in [0.15, 0.2) is 60.4 Å². The molecule has 1 atom stereocenters. The summed E-state index contributed by atoms with van der Waals surface area (Å²) in [5, 5.41) is 1.53. The van der Waals surface area contributed by atoms with Crippen LogP contribution in [0.5, 0.6) is 0 Å². The van der Waals surface area contributed by atoms with E-state index < -0.39 is 17.8 Å². The van der Waals surface area contributed by atoms with E-state index >= 15 is 0 Å². The molecule has 0 aliphatic carbocycles. The number of alkyl halides is 3. The number of rotatable bonds is 4. The van der Waals surface area contributed by atoms with Crippen LogP contribution in [0.3, 0.4) is 0 Å². The van der Waals surface area contributed by atoms with Crippen molar-refractivity contribution < 1.29 is 18.0 Å². The van der Waals surface area contributed by atoms with E-state index in [1.807, 2.05) is 0 Å². The first kappa shape index (κ1) is 16.0. The van der Waals surface area contributed by atoms with E-state index in [0.717, 1.165) is 6.07 Å². The second-order valence-corrected chi connectivity index (χ2v) is 5.32. The minimum Gasteiger partial charge on any atom is -0.303 e. The minimum absolute atomic E-state index is 0.0232. The number of carbonyl (C=O) groups is 1. The van der Waals surface area contributed by atoms with Crippen LogP contribution in [0.2, 0.25) is 0 Å². The van der Waals surface area contributed by atoms with Crippen LogP contribution in [0.4, 0.5) is 19.0 Å². The normalized spacial score (nSPS) is 17.4. The van der Waals surface area contributed by atoms with Crippen molar-refractivity contribution in [3.8, 4) is 0 Å². The summed E-state index contributed by atoms with van der Waals surface area (Å²) in [4.78, 5) is 15.6. The van der Waals surface area contributed by atoms with Gasteiger partial charge in [-0.1, -0.05) is 24.3 Å². The van der Waals surface area contributed by atoms with E-state index in [1.165, 1.54) is 17.1 Å². The van der Waals surface area contributed by atoms with Crippen LogP contribution < -0.4 is 10.4 Å². The first-order valence-electron chi connectivity index (χ1n) is 7.26. The number of hydrogen-bond donors (Lipinski definition) is 1. The molecule has 1 aliphatic rings. The average molecular weight is 333 g/mol. The number of carbonyl (C=O) groups excluding carboxylic acids is 1. The molecule has 0 fully saturated rings. The van der Waals surface area contributed by atoms with Crippen LogP contribution in [0.25, 0.3) is 0 Å². The number of nitrogens with one attached hydrogen (secondary N) is 1. The molecule has 0 radical (unpaired) electrons. The molecule has 1 aromatic carbocycles. The van der Waals surface area contributed by atoms with Crippen molar-refractivity contribution >= 4 is 12.1 Å². The monoisotopic (exact) mass is 333 g/mol. The Hall–Kier alpha value is -2.83. The maximum atomic E-state index is 13.1. The summed E-state index contributed by atoms with van der Waals surface area (Å²) in [7, 11) is 0. The zero-order valence-corrected chi connectivity index (χ0v) is 12.5. The number of hydrazine groups is 1. The molecule has 1 aromatic heterocycles. The van der Waals surface area contributed by atoms with Crippen molar-refractivity contribution in [2.45, 2.75) is 18.6 Å². The van der Waals surface area contributed by atoms with Crippen molar-refractivity contribution in [2.75, 3.05) is 5.01 Å². The van der Waals surface area contributed by atoms with E-state index in [1.54, 1.807) is 36.7 Å². The summed E-state index contributed by atoms with van der Waals surface area (Å²) in [6, 6.07) is 9.89. The smallest absolute Gasteiger partial charge is 0.303 e. The van der Waals surface area contributed by atoms with Crippen molar-refractivity contribution in [3.63, 3.8) is 0 Å². The Balaban J connectivity index is 1.86. The topological polar surface area (TPSA) is 45.2 Å². The van der Waals surface area contributed by atoms with Gasteiger partial charge in [-0.05, 0) is 35.8 Å². The summed E-state index contributed by atoms with van der Waals surface area (Å²) >= 11 is 0. The van der Waals surface area contributed by atoms with Gasteiger partial charge in [0.05, 0.1) is 5.56 Å². The molecule has 2 aromatic rings. The number of aromatic nitrogens is 1. The fourth-order valence-electron chi connectivity index (χ4n) is 2.66. The fourth-order valence-corrected chi connectivity index (χ4v) is 2.66. The van der Waals surface area contributed by atoms with Crippen LogP contribution in [0.1, 0.15) is 11.1 Å². The summed E-state index contributed by atoms with van der Waals surface area (Å²) in [5.74, 6) is 0.518. The van der Waals surface area contributed by atoms with Gasteiger partial charge in [0, 0.05) is 12.4 Å². The number of pyridine rings is 1. The third-order valence-electron chi connectivity index (χ3n) is 3.79. The zero-order chi connectivity index (χ0) is 17.2. The molecule has 124 valence electrons. The van der Waals surface area contributed by atoms with Gasteiger partial charge in [-0.25, -0.2) is 4.98 Å². The average Bonchev–Trinajstić information content (AvgIpc) is 2.98. The van der Waals surface area contributed by atoms with E-state index in [9.17, 15) is 18.0 Å². The summed E-state index contributed by atoms with van der Waals surface area (Å²) in [6.07, 6.45) is -0.580. The van der Waals surface area contributed by atoms with Gasteiger partial charge in [-0.3, -0.25) is 5.01 Å². The highest BCUT2D eigenvalue weighted by Crippen LogP contribution is 2.34. The Bertz CT molecular complexity index is 759. The van der Waals surface area contributed by atoms with Gasteiger partial charge in [0.2, 0.25) is 0 Å². The number of nitrogens with zero attached hydrogens (tertiary/aromatic N) is 2. The number of halogens is 3. The lowest BCUT2D eigenvalue weighted by atomic mass is 9.96. The molecule has 0 saturated carbocycles. The lowest BCUT2D eigenvalue weighted by molar-refractivity contribution is -0.138. The van der Waals surface area contributed by atoms with Crippen LogP contribution in [0, 0.1) is 0 Å². The molecule has 1 N–H and O–H groups in total. The zero-order valence-electron chi connectivity index (χ0n) is 12.5. The van der Waals surface area contributed by atoms with E-state index in [0.29, 0.717) is 17.7 Å². The van der Waals surface area contributed by atoms with Crippen LogP contribution >= 0.6 is 0 Å². The first-order valence-corrected chi connectivity index (χ1v) is 7.26. The summed E-state index contributed by atoms with van der Waals surface area (Å²) in [5.41, 5.74) is 2.89. The lowest BCUT2D eigenvalue weighted by Gasteiger charge is -2.23. The van der Waals surface area contributed by atoms with Gasteiger partial charge in [0.25, 0.3) is 0 Å². The van der Waals surface area contributed by atoms with Crippen LogP contribution in [-0.2, 0) is 17.4 Å². The van der Waals surface area contributed by atoms with Gasteiger partial charge < -0.3 is 10.2 Å². The molecule has 1 unspecified atom stereocenters. The third kappa shape index (κ3) is 3.10. The van der Waals surface area contributed by atoms with E-state index in [2.05, 4.69) is 10.4 Å². The molecule has 3 rings (SSSR count). The standard InChI is InChI=1S/C17H14F3N3O/c18-17(19,20)14-6-2-1-5-12(14)9-13-10-22-23(15(13)11-24)16-7-3-4-8-21-16/h1-8,10-11,15,22H,9H2. The van der Waals surface area contributed by atoms with Crippen molar-refractivity contribution in [2.24, 2.45) is 0 Å². The first-order chi connectivity index (χ1) is 11.5. The minimum atomic E-state index is -4.43. The molecule has 0 spiro atoms. The highest BCUT2D eigenvalue weighted by atomic mass is 19.4. The maximum absolute atomic E-state index is 13.1. The molecular weight excluding hydrogens is 319 g/mol. The van der Waals surface area contributed by atoms with Gasteiger partial charge >= 0.3 is 6.18 Å². The summed E-state index contributed by atoms with van der Waals surface area (Å²) in [6.45, 7) is 0. The Morgan fingerprint density at radius 1 is 1.17 bits per heavy atom. The maximum Gasteiger partial charge on any atom is 0.416 e. The lowest BCUT2D eigenvalue weighted by Crippen LogP contribution is -2.40. The van der Waals surface area contributed by atoms with E-state index in [4.69, 9.17) is 0 Å². The molecule has 0 saturated heterocycles. The van der Waals surface area contributed by atoms with Gasteiger partial charge in [-0.2, -0.15) is 13.2 Å². The predicted octanol–water partition coefficient (Wildman–Crippen LogP) is 3.12. The molecule has 7 heteroatoms. The largest absolute Gasteiger partial charge is 0.416 e. The predicted molar refractivity (Wildman–Crippen MR) is 82.9 cm³/mol. The van der Waals surface area contributed by atoms with Crippen molar-refractivity contribution in [1.29, 1.82) is 0 Å². The molecule has 0 amide bonds. The van der Waals surface area contributed by atoms with E-state index in [-0.39, 0.29) is 12.0 Å². The van der Waals surface area contributed by atoms with Gasteiger partial charge in [0.1, 0.15) is 18.1 Å². The molecule has 2 heterocycles. The van der Waals surface area contributed by atoms with Crippen LogP contribution in [-0.4, -0.2) is 17.3 Å². The quantitative estimate of drug-likeness (QED) is 0.873. The highest BCUT2D eigenvalue weighted by Gasteiger charge is 2.35. The second kappa shape index (κ2) is 6.35. The summed E-state index contributed by atoms with van der Waals surface area (Å²) < 4.78 is 39.4. The Morgan fingerprint density at radius 3 is 2.58 bits per heavy atom. The number of aldehydes is 1. The molecule has 1 aliphatic heterocycles. The molecular formula is C17H14F3N3O. The Kier molecular flexibility index (Phi) is 4.24. The number of benzene rings is 1. The number of hydrogen-bond acceptors (Lipinski definition) is 4. The number of anilines is 1. The molecule has 4 nitrogen and oxygen atoms in total. The van der Waals surface area contributed by atoms with Gasteiger partial charge in [0.15, 0.2) is 0 Å². The second-order valence-electron chi connectivity index (χ2n) is 5.32. The molecule has 24 heavy (non-hydrogen) atoms. The SMILES string of the molecule is O=CC1C(Cc2ccccc2C(F)(F)F)=CNN1c1ccccn1. The molecule has 0 bridgehead atoms.